The molecule has 0 saturated carbocycles. The van der Waals surface area contributed by atoms with Crippen molar-refractivity contribution in [2.24, 2.45) is 0 Å². The Balaban J connectivity index is 1.55. The van der Waals surface area contributed by atoms with Crippen LogP contribution in [0.1, 0.15) is 29.2 Å². The summed E-state index contributed by atoms with van der Waals surface area (Å²) in [6.07, 6.45) is 1.22. The predicted octanol–water partition coefficient (Wildman–Crippen LogP) is 5.00. The first-order chi connectivity index (χ1) is 17.8. The molecule has 2 aromatic heterocycles. The minimum atomic E-state index is -1.20. The zero-order valence-electron chi connectivity index (χ0n) is 19.4. The molecule has 2 heterocycles. The summed E-state index contributed by atoms with van der Waals surface area (Å²) in [7, 11) is 0. The second kappa shape index (κ2) is 11.8. The third-order valence-electron chi connectivity index (χ3n) is 5.88. The molecule has 0 aliphatic heterocycles. The molecule has 0 saturated heterocycles. The van der Waals surface area contributed by atoms with Gasteiger partial charge < -0.3 is 10.4 Å². The van der Waals surface area contributed by atoms with Crippen LogP contribution in [0.15, 0.2) is 59.4 Å². The van der Waals surface area contributed by atoms with Crippen LogP contribution in [-0.4, -0.2) is 27.4 Å². The molecule has 11 heteroatoms. The van der Waals surface area contributed by atoms with E-state index in [-0.39, 0.29) is 11.4 Å². The molecule has 4 aromatic rings. The van der Waals surface area contributed by atoms with Gasteiger partial charge in [0, 0.05) is 11.1 Å². The van der Waals surface area contributed by atoms with Crippen LogP contribution in [0.3, 0.4) is 0 Å². The van der Waals surface area contributed by atoms with Crippen molar-refractivity contribution in [2.75, 3.05) is 6.61 Å². The van der Waals surface area contributed by atoms with Gasteiger partial charge in [0.05, 0.1) is 27.6 Å². The number of nitrogens with zero attached hydrogens (tertiary/aromatic N) is 1. The standard InChI is InChI=1S/C26H23ClF3N3O3S/c27-22-12-11-21(37-22)25-17(8-3-6-15-5-1-2-9-18(15)28)26(36)33(32-25)13-23(35)31-20(14-34)16-7-4-10-19(29)24(16)30/h1-2,4-5,7,9-12,20,32,34H,3,6,8,13-14H2,(H,31,35). The van der Waals surface area contributed by atoms with Crippen LogP contribution in [0.5, 0.6) is 0 Å². The lowest BCUT2D eigenvalue weighted by atomic mass is 10.0. The van der Waals surface area contributed by atoms with Crippen molar-refractivity contribution in [3.63, 3.8) is 0 Å². The summed E-state index contributed by atoms with van der Waals surface area (Å²) in [5, 5.41) is 15.0. The lowest BCUT2D eigenvalue weighted by Gasteiger charge is -2.17. The van der Waals surface area contributed by atoms with Gasteiger partial charge in [0.25, 0.3) is 5.56 Å². The van der Waals surface area contributed by atoms with Gasteiger partial charge in [-0.05, 0) is 49.1 Å². The summed E-state index contributed by atoms with van der Waals surface area (Å²) in [5.74, 6) is -3.29. The van der Waals surface area contributed by atoms with E-state index in [2.05, 4.69) is 10.4 Å². The number of carbonyl (C=O) groups excluding carboxylic acids is 1. The van der Waals surface area contributed by atoms with Crippen molar-refractivity contribution in [3.05, 3.63) is 103 Å². The van der Waals surface area contributed by atoms with Crippen molar-refractivity contribution < 1.29 is 23.1 Å². The van der Waals surface area contributed by atoms with Gasteiger partial charge in [0.2, 0.25) is 5.91 Å². The Labute approximate surface area is 219 Å². The van der Waals surface area contributed by atoms with Gasteiger partial charge in [0.1, 0.15) is 12.4 Å². The van der Waals surface area contributed by atoms with Crippen LogP contribution < -0.4 is 10.9 Å². The monoisotopic (exact) mass is 549 g/mol. The van der Waals surface area contributed by atoms with E-state index in [0.29, 0.717) is 45.3 Å². The number of aromatic nitrogens is 2. The third kappa shape index (κ3) is 6.15. The highest BCUT2D eigenvalue weighted by Gasteiger charge is 2.22. The molecule has 0 bridgehead atoms. The van der Waals surface area contributed by atoms with Gasteiger partial charge in [-0.2, -0.15) is 0 Å². The van der Waals surface area contributed by atoms with Gasteiger partial charge in [-0.3, -0.25) is 14.7 Å². The average Bonchev–Trinajstić information content (AvgIpc) is 3.44. The number of nitrogens with one attached hydrogen (secondary N) is 2. The van der Waals surface area contributed by atoms with E-state index < -0.39 is 42.3 Å². The molecule has 0 aliphatic carbocycles. The van der Waals surface area contributed by atoms with Gasteiger partial charge in [-0.15, -0.1) is 11.3 Å². The van der Waals surface area contributed by atoms with Crippen LogP contribution in [0, 0.1) is 17.5 Å². The van der Waals surface area contributed by atoms with Crippen molar-refractivity contribution in [2.45, 2.75) is 31.8 Å². The number of aryl methyl sites for hydroxylation is 1. The predicted molar refractivity (Wildman–Crippen MR) is 136 cm³/mol. The number of hydrogen-bond acceptors (Lipinski definition) is 4. The Kier molecular flexibility index (Phi) is 8.52. The fraction of sp³-hybridized carbons (Fsp3) is 0.231. The summed E-state index contributed by atoms with van der Waals surface area (Å²) in [5.41, 5.74) is 0.798. The minimum Gasteiger partial charge on any atom is -0.394 e. The van der Waals surface area contributed by atoms with E-state index in [1.54, 1.807) is 30.3 Å². The number of amides is 1. The fourth-order valence-electron chi connectivity index (χ4n) is 4.07. The first kappa shape index (κ1) is 26.7. The van der Waals surface area contributed by atoms with Gasteiger partial charge in [-0.25, -0.2) is 17.9 Å². The molecule has 37 heavy (non-hydrogen) atoms. The molecule has 0 spiro atoms. The maximum absolute atomic E-state index is 14.2. The number of aliphatic hydroxyl groups excluding tert-OH is 1. The van der Waals surface area contributed by atoms with E-state index >= 15 is 0 Å². The lowest BCUT2D eigenvalue weighted by Crippen LogP contribution is -2.36. The van der Waals surface area contributed by atoms with E-state index in [9.17, 15) is 27.9 Å². The highest BCUT2D eigenvalue weighted by molar-refractivity contribution is 7.19. The second-order valence-electron chi connectivity index (χ2n) is 8.35. The second-order valence-corrected chi connectivity index (χ2v) is 10.1. The molecule has 4 rings (SSSR count). The molecule has 1 atom stereocenters. The number of benzene rings is 2. The maximum atomic E-state index is 14.2. The Hall–Kier alpha value is -3.34. The fourth-order valence-corrected chi connectivity index (χ4v) is 5.14. The molecule has 0 fully saturated rings. The molecular formula is C26H23ClF3N3O3S. The summed E-state index contributed by atoms with van der Waals surface area (Å²) in [6.45, 7) is -1.13. The minimum absolute atomic E-state index is 0.211. The summed E-state index contributed by atoms with van der Waals surface area (Å²) < 4.78 is 43.4. The van der Waals surface area contributed by atoms with E-state index in [0.717, 1.165) is 10.7 Å². The number of hydrogen-bond donors (Lipinski definition) is 3. The first-order valence-corrected chi connectivity index (χ1v) is 12.6. The molecule has 0 aliphatic rings. The summed E-state index contributed by atoms with van der Waals surface area (Å²) in [6, 6.07) is 12.1. The van der Waals surface area contributed by atoms with Gasteiger partial charge in [0.15, 0.2) is 11.6 Å². The molecule has 194 valence electrons. The van der Waals surface area contributed by atoms with E-state index in [4.69, 9.17) is 11.6 Å². The topological polar surface area (TPSA) is 87.1 Å². The zero-order valence-corrected chi connectivity index (χ0v) is 21.0. The lowest BCUT2D eigenvalue weighted by molar-refractivity contribution is -0.123. The Morgan fingerprint density at radius 2 is 1.81 bits per heavy atom. The van der Waals surface area contributed by atoms with Crippen molar-refractivity contribution in [1.82, 2.24) is 15.1 Å². The van der Waals surface area contributed by atoms with Gasteiger partial charge in [-0.1, -0.05) is 41.9 Å². The molecule has 2 aromatic carbocycles. The Bertz CT molecular complexity index is 1470. The third-order valence-corrected chi connectivity index (χ3v) is 7.13. The van der Waals surface area contributed by atoms with Crippen LogP contribution in [-0.2, 0) is 24.2 Å². The largest absolute Gasteiger partial charge is 0.394 e. The van der Waals surface area contributed by atoms with Crippen LogP contribution in [0.4, 0.5) is 13.2 Å². The highest BCUT2D eigenvalue weighted by atomic mass is 35.5. The van der Waals surface area contributed by atoms with Crippen LogP contribution in [0.2, 0.25) is 4.34 Å². The Morgan fingerprint density at radius 3 is 2.51 bits per heavy atom. The number of aliphatic hydroxyl groups is 1. The van der Waals surface area contributed by atoms with Gasteiger partial charge >= 0.3 is 0 Å². The number of H-pyrrole nitrogens is 1. The zero-order chi connectivity index (χ0) is 26.5. The molecule has 6 nitrogen and oxygen atoms in total. The van der Waals surface area contributed by atoms with E-state index in [1.165, 1.54) is 29.5 Å². The normalized spacial score (nSPS) is 12.0. The van der Waals surface area contributed by atoms with Crippen molar-refractivity contribution in [1.29, 1.82) is 0 Å². The van der Waals surface area contributed by atoms with E-state index in [1.807, 2.05) is 0 Å². The maximum Gasteiger partial charge on any atom is 0.270 e. The number of halogens is 4. The number of thiophene rings is 1. The average molecular weight is 550 g/mol. The number of aromatic amines is 1. The smallest absolute Gasteiger partial charge is 0.270 e. The van der Waals surface area contributed by atoms with Crippen molar-refractivity contribution >= 4 is 28.8 Å². The summed E-state index contributed by atoms with van der Waals surface area (Å²) >= 11 is 7.34. The molecule has 0 radical (unpaired) electrons. The number of carbonyl (C=O) groups is 1. The highest BCUT2D eigenvalue weighted by Crippen LogP contribution is 2.31. The Morgan fingerprint density at radius 1 is 1.05 bits per heavy atom. The number of rotatable bonds is 10. The molecular weight excluding hydrogens is 527 g/mol. The molecule has 1 amide bonds. The molecule has 1 unspecified atom stereocenters. The van der Waals surface area contributed by atoms with Crippen LogP contribution >= 0.6 is 22.9 Å². The van der Waals surface area contributed by atoms with Crippen molar-refractivity contribution in [3.8, 4) is 10.6 Å². The quantitative estimate of drug-likeness (QED) is 0.260. The molecule has 3 N–H and O–H groups in total. The summed E-state index contributed by atoms with van der Waals surface area (Å²) in [4.78, 5) is 26.6. The van der Waals surface area contributed by atoms with Crippen LogP contribution in [0.25, 0.3) is 10.6 Å². The SMILES string of the molecule is O=C(Cn1[nH]c(-c2ccc(Cl)s2)c(CCCc2ccccc2F)c1=O)NC(CO)c1cccc(F)c1F. The first-order valence-electron chi connectivity index (χ1n) is 11.4.